The summed E-state index contributed by atoms with van der Waals surface area (Å²) in [6, 6.07) is 7.94. The number of ether oxygens (including phenoxy) is 1. The minimum atomic E-state index is 0.850. The predicted molar refractivity (Wildman–Crippen MR) is 77.6 cm³/mol. The minimum absolute atomic E-state index is 0.850. The molecular formula is C15H19N3O. The van der Waals surface area contributed by atoms with Crippen LogP contribution in [0.5, 0.6) is 5.75 Å². The minimum Gasteiger partial charge on any atom is -0.497 e. The molecule has 0 radical (unpaired) electrons. The van der Waals surface area contributed by atoms with E-state index in [4.69, 9.17) is 4.74 Å². The van der Waals surface area contributed by atoms with Gasteiger partial charge in [0.05, 0.1) is 12.8 Å². The van der Waals surface area contributed by atoms with Crippen LogP contribution in [-0.4, -0.2) is 23.6 Å². The van der Waals surface area contributed by atoms with Crippen molar-refractivity contribution in [2.24, 2.45) is 0 Å². The van der Waals surface area contributed by atoms with Crippen LogP contribution in [0.15, 0.2) is 30.6 Å². The third-order valence-corrected chi connectivity index (χ3v) is 3.01. The van der Waals surface area contributed by atoms with Crippen LogP contribution in [-0.2, 0) is 6.42 Å². The molecule has 1 N–H and O–H groups in total. The summed E-state index contributed by atoms with van der Waals surface area (Å²) in [5.41, 5.74) is 3.21. The van der Waals surface area contributed by atoms with Crippen LogP contribution in [0.2, 0.25) is 0 Å². The lowest BCUT2D eigenvalue weighted by Crippen LogP contribution is -2.05. The molecule has 2 rings (SSSR count). The Morgan fingerprint density at radius 1 is 1.11 bits per heavy atom. The summed E-state index contributed by atoms with van der Waals surface area (Å²) in [5, 5.41) is 3.28. The highest BCUT2D eigenvalue weighted by atomic mass is 16.5. The fraction of sp³-hybridized carbons (Fsp3) is 0.333. The van der Waals surface area contributed by atoms with Gasteiger partial charge in [0, 0.05) is 17.7 Å². The van der Waals surface area contributed by atoms with Crippen molar-refractivity contribution in [1.29, 1.82) is 0 Å². The maximum absolute atomic E-state index is 5.18. The molecule has 4 nitrogen and oxygen atoms in total. The second-order valence-corrected chi connectivity index (χ2v) is 4.16. The highest BCUT2D eigenvalue weighted by molar-refractivity contribution is 5.68. The summed E-state index contributed by atoms with van der Waals surface area (Å²) < 4.78 is 5.18. The Balaban J connectivity index is 2.45. The van der Waals surface area contributed by atoms with E-state index in [-0.39, 0.29) is 0 Å². The standard InChI is InChI=1S/C15H19N3O/c1-4-13-14(17-10-18-15(13)16-5-2)11-6-8-12(19-3)9-7-11/h6-10H,4-5H2,1-3H3,(H,16,17,18). The van der Waals surface area contributed by atoms with E-state index in [0.717, 1.165) is 41.4 Å². The summed E-state index contributed by atoms with van der Waals surface area (Å²) in [6.07, 6.45) is 2.50. The van der Waals surface area contributed by atoms with Gasteiger partial charge in [-0.05, 0) is 37.6 Å². The fourth-order valence-electron chi connectivity index (χ4n) is 2.06. The van der Waals surface area contributed by atoms with Crippen molar-refractivity contribution < 1.29 is 4.74 Å². The number of hydrogen-bond donors (Lipinski definition) is 1. The third kappa shape index (κ3) is 2.84. The predicted octanol–water partition coefficient (Wildman–Crippen LogP) is 3.15. The van der Waals surface area contributed by atoms with Crippen molar-refractivity contribution in [3.8, 4) is 17.0 Å². The van der Waals surface area contributed by atoms with Crippen LogP contribution in [0.1, 0.15) is 19.4 Å². The number of benzene rings is 1. The van der Waals surface area contributed by atoms with Gasteiger partial charge in [0.2, 0.25) is 0 Å². The normalized spacial score (nSPS) is 10.3. The Hall–Kier alpha value is -2.10. The van der Waals surface area contributed by atoms with Gasteiger partial charge in [-0.3, -0.25) is 0 Å². The van der Waals surface area contributed by atoms with E-state index in [1.165, 1.54) is 0 Å². The van der Waals surface area contributed by atoms with Gasteiger partial charge in [0.25, 0.3) is 0 Å². The van der Waals surface area contributed by atoms with Gasteiger partial charge in [0.1, 0.15) is 17.9 Å². The summed E-state index contributed by atoms with van der Waals surface area (Å²) >= 11 is 0. The molecule has 1 aromatic heterocycles. The zero-order chi connectivity index (χ0) is 13.7. The monoisotopic (exact) mass is 257 g/mol. The number of hydrogen-bond acceptors (Lipinski definition) is 4. The summed E-state index contributed by atoms with van der Waals surface area (Å²) in [6.45, 7) is 5.03. The largest absolute Gasteiger partial charge is 0.497 e. The van der Waals surface area contributed by atoms with E-state index in [0.29, 0.717) is 0 Å². The smallest absolute Gasteiger partial charge is 0.133 e. The number of rotatable bonds is 5. The van der Waals surface area contributed by atoms with Crippen molar-refractivity contribution in [3.63, 3.8) is 0 Å². The highest BCUT2D eigenvalue weighted by Gasteiger charge is 2.11. The Kier molecular flexibility index (Phi) is 4.34. The van der Waals surface area contributed by atoms with Crippen molar-refractivity contribution in [1.82, 2.24) is 9.97 Å². The number of anilines is 1. The molecule has 0 unspecified atom stereocenters. The molecule has 0 aliphatic heterocycles. The molecule has 19 heavy (non-hydrogen) atoms. The van der Waals surface area contributed by atoms with Crippen LogP contribution in [0.4, 0.5) is 5.82 Å². The second-order valence-electron chi connectivity index (χ2n) is 4.16. The first kappa shape index (κ1) is 13.3. The van der Waals surface area contributed by atoms with Gasteiger partial charge in [-0.2, -0.15) is 0 Å². The van der Waals surface area contributed by atoms with Crippen LogP contribution in [0, 0.1) is 0 Å². The van der Waals surface area contributed by atoms with Crippen molar-refractivity contribution in [3.05, 3.63) is 36.2 Å². The van der Waals surface area contributed by atoms with Crippen LogP contribution in [0.25, 0.3) is 11.3 Å². The maximum Gasteiger partial charge on any atom is 0.133 e. The average molecular weight is 257 g/mol. The molecule has 100 valence electrons. The Bertz CT molecular complexity index is 538. The topological polar surface area (TPSA) is 47.0 Å². The first-order valence-electron chi connectivity index (χ1n) is 6.52. The van der Waals surface area contributed by atoms with E-state index in [9.17, 15) is 0 Å². The van der Waals surface area contributed by atoms with Crippen molar-refractivity contribution >= 4 is 5.82 Å². The maximum atomic E-state index is 5.18. The molecule has 0 spiro atoms. The molecule has 0 atom stereocenters. The molecule has 2 aromatic rings. The lowest BCUT2D eigenvalue weighted by Gasteiger charge is -2.12. The van der Waals surface area contributed by atoms with Gasteiger partial charge < -0.3 is 10.1 Å². The Morgan fingerprint density at radius 2 is 1.84 bits per heavy atom. The lowest BCUT2D eigenvalue weighted by atomic mass is 10.0. The molecule has 0 saturated heterocycles. The number of aromatic nitrogens is 2. The summed E-state index contributed by atoms with van der Waals surface area (Å²) in [5.74, 6) is 1.77. The molecule has 4 heteroatoms. The van der Waals surface area contributed by atoms with Gasteiger partial charge in [0.15, 0.2) is 0 Å². The van der Waals surface area contributed by atoms with Crippen LogP contribution >= 0.6 is 0 Å². The van der Waals surface area contributed by atoms with Crippen LogP contribution in [0.3, 0.4) is 0 Å². The van der Waals surface area contributed by atoms with Gasteiger partial charge in [-0.1, -0.05) is 6.92 Å². The van der Waals surface area contributed by atoms with E-state index >= 15 is 0 Å². The lowest BCUT2D eigenvalue weighted by molar-refractivity contribution is 0.415. The first-order chi connectivity index (χ1) is 9.30. The molecule has 1 heterocycles. The zero-order valence-electron chi connectivity index (χ0n) is 11.6. The van der Waals surface area contributed by atoms with Gasteiger partial charge >= 0.3 is 0 Å². The molecule has 0 amide bonds. The van der Waals surface area contributed by atoms with Gasteiger partial charge in [-0.25, -0.2) is 9.97 Å². The number of nitrogens with zero attached hydrogens (tertiary/aromatic N) is 2. The van der Waals surface area contributed by atoms with Crippen molar-refractivity contribution in [2.75, 3.05) is 19.0 Å². The van der Waals surface area contributed by atoms with E-state index in [1.807, 2.05) is 24.3 Å². The molecule has 0 fully saturated rings. The molecule has 0 aliphatic rings. The van der Waals surface area contributed by atoms with Crippen molar-refractivity contribution in [2.45, 2.75) is 20.3 Å². The average Bonchev–Trinajstić information content (AvgIpc) is 2.47. The fourth-order valence-corrected chi connectivity index (χ4v) is 2.06. The SMILES string of the molecule is CCNc1ncnc(-c2ccc(OC)cc2)c1CC. The van der Waals surface area contributed by atoms with Crippen LogP contribution < -0.4 is 10.1 Å². The number of methoxy groups -OCH3 is 1. The van der Waals surface area contributed by atoms with Gasteiger partial charge in [-0.15, -0.1) is 0 Å². The van der Waals surface area contributed by atoms with E-state index in [1.54, 1.807) is 13.4 Å². The molecule has 0 saturated carbocycles. The number of nitrogens with one attached hydrogen (secondary N) is 1. The first-order valence-corrected chi connectivity index (χ1v) is 6.52. The zero-order valence-corrected chi connectivity index (χ0v) is 11.6. The molecule has 0 bridgehead atoms. The van der Waals surface area contributed by atoms with E-state index < -0.39 is 0 Å². The second kappa shape index (κ2) is 6.18. The third-order valence-electron chi connectivity index (χ3n) is 3.01. The molecule has 0 aliphatic carbocycles. The Morgan fingerprint density at radius 3 is 2.42 bits per heavy atom. The summed E-state index contributed by atoms with van der Waals surface area (Å²) in [4.78, 5) is 8.74. The summed E-state index contributed by atoms with van der Waals surface area (Å²) in [7, 11) is 1.67. The quantitative estimate of drug-likeness (QED) is 0.893. The highest BCUT2D eigenvalue weighted by Crippen LogP contribution is 2.27. The van der Waals surface area contributed by atoms with E-state index in [2.05, 4.69) is 29.1 Å². The molecule has 1 aromatic carbocycles. The Labute approximate surface area is 113 Å². The molecular weight excluding hydrogens is 238 g/mol.